The summed E-state index contributed by atoms with van der Waals surface area (Å²) in [6.45, 7) is 1.89. The van der Waals surface area contributed by atoms with Crippen LogP contribution in [0.2, 0.25) is 0 Å². The molecule has 3 nitrogen and oxygen atoms in total. The standard InChI is InChI=1S/C14H19FN2O/c1-9(10-5-7-11(15)8-6-10)17-14(18)12-3-2-4-13(12)16/h5-9,12-13H,2-4,16H2,1H3,(H,17,18)/t9-,12?,13?/m1/s1. The van der Waals surface area contributed by atoms with Gasteiger partial charge in [0.15, 0.2) is 0 Å². The fourth-order valence-electron chi connectivity index (χ4n) is 2.47. The molecule has 4 heteroatoms. The highest BCUT2D eigenvalue weighted by molar-refractivity contribution is 5.80. The highest BCUT2D eigenvalue weighted by atomic mass is 19.1. The Bertz CT molecular complexity index is 418. The molecule has 0 bridgehead atoms. The van der Waals surface area contributed by atoms with Crippen molar-refractivity contribution in [1.82, 2.24) is 5.32 Å². The van der Waals surface area contributed by atoms with Crippen molar-refractivity contribution in [3.8, 4) is 0 Å². The summed E-state index contributed by atoms with van der Waals surface area (Å²) in [6.07, 6.45) is 2.80. The lowest BCUT2D eigenvalue weighted by molar-refractivity contribution is -0.125. The molecular formula is C14H19FN2O. The van der Waals surface area contributed by atoms with Crippen molar-refractivity contribution in [3.05, 3.63) is 35.6 Å². The van der Waals surface area contributed by atoms with Crippen molar-refractivity contribution in [2.45, 2.75) is 38.3 Å². The number of amides is 1. The van der Waals surface area contributed by atoms with Crippen LogP contribution in [0.5, 0.6) is 0 Å². The van der Waals surface area contributed by atoms with E-state index in [2.05, 4.69) is 5.32 Å². The lowest BCUT2D eigenvalue weighted by atomic mass is 10.0. The first-order valence-corrected chi connectivity index (χ1v) is 6.39. The van der Waals surface area contributed by atoms with Crippen LogP contribution in [-0.4, -0.2) is 11.9 Å². The molecule has 1 aromatic rings. The number of hydrogen-bond acceptors (Lipinski definition) is 2. The first-order valence-electron chi connectivity index (χ1n) is 6.39. The molecule has 0 aliphatic heterocycles. The van der Waals surface area contributed by atoms with E-state index >= 15 is 0 Å². The molecule has 98 valence electrons. The number of hydrogen-bond donors (Lipinski definition) is 2. The second-order valence-electron chi connectivity index (χ2n) is 4.98. The maximum atomic E-state index is 12.8. The molecule has 1 saturated carbocycles. The van der Waals surface area contributed by atoms with Crippen LogP contribution < -0.4 is 11.1 Å². The van der Waals surface area contributed by atoms with Crippen molar-refractivity contribution < 1.29 is 9.18 Å². The van der Waals surface area contributed by atoms with Gasteiger partial charge in [0.05, 0.1) is 12.0 Å². The van der Waals surface area contributed by atoms with Crippen molar-refractivity contribution in [3.63, 3.8) is 0 Å². The fraction of sp³-hybridized carbons (Fsp3) is 0.500. The van der Waals surface area contributed by atoms with Gasteiger partial charge in [0.25, 0.3) is 0 Å². The lowest BCUT2D eigenvalue weighted by Crippen LogP contribution is -2.39. The zero-order valence-electron chi connectivity index (χ0n) is 10.5. The molecule has 0 aromatic heterocycles. The Hall–Kier alpha value is -1.42. The van der Waals surface area contributed by atoms with E-state index in [9.17, 15) is 9.18 Å². The van der Waals surface area contributed by atoms with Crippen LogP contribution in [0.1, 0.15) is 37.8 Å². The third-order valence-electron chi connectivity index (χ3n) is 3.63. The van der Waals surface area contributed by atoms with E-state index < -0.39 is 0 Å². The van der Waals surface area contributed by atoms with E-state index in [1.165, 1.54) is 12.1 Å². The molecule has 3 N–H and O–H groups in total. The minimum atomic E-state index is -0.268. The number of nitrogens with two attached hydrogens (primary N) is 1. The number of carbonyl (C=O) groups is 1. The van der Waals surface area contributed by atoms with Gasteiger partial charge >= 0.3 is 0 Å². The van der Waals surface area contributed by atoms with E-state index in [-0.39, 0.29) is 29.7 Å². The van der Waals surface area contributed by atoms with Crippen LogP contribution in [0, 0.1) is 11.7 Å². The van der Waals surface area contributed by atoms with E-state index in [0.717, 1.165) is 24.8 Å². The number of nitrogens with one attached hydrogen (secondary N) is 1. The van der Waals surface area contributed by atoms with Crippen molar-refractivity contribution in [2.24, 2.45) is 11.7 Å². The topological polar surface area (TPSA) is 55.1 Å². The molecule has 1 aliphatic rings. The summed E-state index contributed by atoms with van der Waals surface area (Å²) >= 11 is 0. The summed E-state index contributed by atoms with van der Waals surface area (Å²) in [7, 11) is 0. The molecule has 1 aliphatic carbocycles. The van der Waals surface area contributed by atoms with Gasteiger partial charge in [-0.05, 0) is 37.5 Å². The average Bonchev–Trinajstić information content (AvgIpc) is 2.76. The zero-order valence-corrected chi connectivity index (χ0v) is 10.5. The number of halogens is 1. The first-order chi connectivity index (χ1) is 8.58. The van der Waals surface area contributed by atoms with E-state index in [4.69, 9.17) is 5.73 Å². The lowest BCUT2D eigenvalue weighted by Gasteiger charge is -2.19. The van der Waals surface area contributed by atoms with Gasteiger partial charge in [-0.3, -0.25) is 4.79 Å². The van der Waals surface area contributed by atoms with Gasteiger partial charge in [0, 0.05) is 6.04 Å². The van der Waals surface area contributed by atoms with Crippen LogP contribution in [-0.2, 0) is 4.79 Å². The molecule has 1 fully saturated rings. The van der Waals surface area contributed by atoms with Gasteiger partial charge in [-0.25, -0.2) is 4.39 Å². The molecule has 2 unspecified atom stereocenters. The molecule has 1 aromatic carbocycles. The Morgan fingerprint density at radius 2 is 2.06 bits per heavy atom. The van der Waals surface area contributed by atoms with Crippen LogP contribution in [0.25, 0.3) is 0 Å². The van der Waals surface area contributed by atoms with Crippen LogP contribution >= 0.6 is 0 Å². The summed E-state index contributed by atoms with van der Waals surface area (Å²) < 4.78 is 12.8. The maximum absolute atomic E-state index is 12.8. The molecule has 0 spiro atoms. The van der Waals surface area contributed by atoms with Crippen molar-refractivity contribution >= 4 is 5.91 Å². The molecule has 0 saturated heterocycles. The molecule has 1 amide bonds. The zero-order chi connectivity index (χ0) is 13.1. The minimum Gasteiger partial charge on any atom is -0.349 e. The Balaban J connectivity index is 1.96. The third kappa shape index (κ3) is 2.88. The first kappa shape index (κ1) is 13.0. The highest BCUT2D eigenvalue weighted by Crippen LogP contribution is 2.25. The molecular weight excluding hydrogens is 231 g/mol. The van der Waals surface area contributed by atoms with Crippen LogP contribution in [0.15, 0.2) is 24.3 Å². The van der Waals surface area contributed by atoms with Gasteiger partial charge in [-0.1, -0.05) is 18.6 Å². The summed E-state index contributed by atoms with van der Waals surface area (Å²) in [5.41, 5.74) is 6.80. The van der Waals surface area contributed by atoms with E-state index in [0.29, 0.717) is 0 Å². The summed E-state index contributed by atoms with van der Waals surface area (Å²) in [6, 6.07) is 6.04. The molecule has 0 radical (unpaired) electrons. The smallest absolute Gasteiger partial charge is 0.225 e. The van der Waals surface area contributed by atoms with E-state index in [1.54, 1.807) is 12.1 Å². The highest BCUT2D eigenvalue weighted by Gasteiger charge is 2.30. The van der Waals surface area contributed by atoms with Crippen molar-refractivity contribution in [1.29, 1.82) is 0 Å². The molecule has 3 atom stereocenters. The maximum Gasteiger partial charge on any atom is 0.225 e. The Morgan fingerprint density at radius 3 is 2.61 bits per heavy atom. The Labute approximate surface area is 107 Å². The number of carbonyl (C=O) groups excluding carboxylic acids is 1. The summed E-state index contributed by atoms with van der Waals surface area (Å²) in [5, 5.41) is 2.95. The SMILES string of the molecule is C[C@@H](NC(=O)C1CCCC1N)c1ccc(F)cc1. The quantitative estimate of drug-likeness (QED) is 0.863. The largest absolute Gasteiger partial charge is 0.349 e. The van der Waals surface area contributed by atoms with Gasteiger partial charge < -0.3 is 11.1 Å². The Kier molecular flexibility index (Phi) is 3.97. The average molecular weight is 250 g/mol. The van der Waals surface area contributed by atoms with Crippen molar-refractivity contribution in [2.75, 3.05) is 0 Å². The van der Waals surface area contributed by atoms with Gasteiger partial charge in [-0.15, -0.1) is 0 Å². The third-order valence-corrected chi connectivity index (χ3v) is 3.63. The number of benzene rings is 1. The second-order valence-corrected chi connectivity index (χ2v) is 4.98. The monoisotopic (exact) mass is 250 g/mol. The molecule has 18 heavy (non-hydrogen) atoms. The normalized spacial score (nSPS) is 24.8. The van der Waals surface area contributed by atoms with Gasteiger partial charge in [0.2, 0.25) is 5.91 Å². The summed E-state index contributed by atoms with van der Waals surface area (Å²) in [5.74, 6) is -0.334. The van der Waals surface area contributed by atoms with Crippen LogP contribution in [0.4, 0.5) is 4.39 Å². The Morgan fingerprint density at radius 1 is 1.39 bits per heavy atom. The molecule has 2 rings (SSSR count). The van der Waals surface area contributed by atoms with Crippen LogP contribution in [0.3, 0.4) is 0 Å². The number of rotatable bonds is 3. The van der Waals surface area contributed by atoms with Gasteiger partial charge in [0.1, 0.15) is 5.82 Å². The second kappa shape index (κ2) is 5.48. The van der Waals surface area contributed by atoms with E-state index in [1.807, 2.05) is 6.92 Å². The van der Waals surface area contributed by atoms with Gasteiger partial charge in [-0.2, -0.15) is 0 Å². The fourth-order valence-corrected chi connectivity index (χ4v) is 2.47. The minimum absolute atomic E-state index is 0.0109. The predicted molar refractivity (Wildman–Crippen MR) is 68.3 cm³/mol. The predicted octanol–water partition coefficient (Wildman–Crippen LogP) is 2.13. The summed E-state index contributed by atoms with van der Waals surface area (Å²) in [4.78, 5) is 12.0. The molecule has 0 heterocycles.